The molecule has 0 saturated carbocycles. The van der Waals surface area contributed by atoms with E-state index in [4.69, 9.17) is 0 Å². The molecule has 0 unspecified atom stereocenters. The van der Waals surface area contributed by atoms with Crippen molar-refractivity contribution in [3.63, 3.8) is 0 Å². The quantitative estimate of drug-likeness (QED) is 0.743. The average molecular weight is 237 g/mol. The van der Waals surface area contributed by atoms with Gasteiger partial charge < -0.3 is 4.98 Å². The Morgan fingerprint density at radius 1 is 1.00 bits per heavy atom. The highest BCUT2D eigenvalue weighted by atomic mass is 15.0. The molecule has 2 heterocycles. The molecule has 0 aliphatic carbocycles. The highest BCUT2D eigenvalue weighted by molar-refractivity contribution is 5.70. The third-order valence-electron chi connectivity index (χ3n) is 3.34. The van der Waals surface area contributed by atoms with Crippen LogP contribution in [0.2, 0.25) is 0 Å². The maximum atomic E-state index is 4.59. The summed E-state index contributed by atoms with van der Waals surface area (Å²) in [5, 5.41) is 0. The van der Waals surface area contributed by atoms with Gasteiger partial charge in [0.15, 0.2) is 5.65 Å². The van der Waals surface area contributed by atoms with Crippen molar-refractivity contribution in [3.05, 3.63) is 60.0 Å². The third-order valence-corrected chi connectivity index (χ3v) is 3.34. The molecule has 3 rings (SSSR count). The van der Waals surface area contributed by atoms with Crippen molar-refractivity contribution in [1.29, 1.82) is 0 Å². The van der Waals surface area contributed by atoms with E-state index in [9.17, 15) is 0 Å². The van der Waals surface area contributed by atoms with Crippen LogP contribution in [0.3, 0.4) is 0 Å². The van der Waals surface area contributed by atoms with E-state index in [0.717, 1.165) is 17.0 Å². The number of imidazole rings is 1. The van der Waals surface area contributed by atoms with Crippen molar-refractivity contribution < 1.29 is 0 Å². The van der Waals surface area contributed by atoms with Crippen molar-refractivity contribution in [2.24, 2.45) is 0 Å². The number of aromatic nitrogens is 3. The van der Waals surface area contributed by atoms with Crippen LogP contribution < -0.4 is 0 Å². The van der Waals surface area contributed by atoms with Gasteiger partial charge in [-0.3, -0.25) is 0 Å². The van der Waals surface area contributed by atoms with E-state index in [1.807, 2.05) is 18.2 Å². The van der Waals surface area contributed by atoms with Crippen molar-refractivity contribution in [2.75, 3.05) is 0 Å². The van der Waals surface area contributed by atoms with Gasteiger partial charge in [0, 0.05) is 11.6 Å². The standard InChI is InChI=1S/C15H15N3/c1-15(2,11-7-4-3-5-8-11)14-17-12-9-6-10-16-13(12)18-14/h3-10H,1-2H3,(H,16,17,18). The molecule has 0 spiro atoms. The van der Waals surface area contributed by atoms with Crippen LogP contribution in [0.25, 0.3) is 11.2 Å². The van der Waals surface area contributed by atoms with Crippen LogP contribution >= 0.6 is 0 Å². The van der Waals surface area contributed by atoms with Gasteiger partial charge in [0.1, 0.15) is 5.82 Å². The summed E-state index contributed by atoms with van der Waals surface area (Å²) in [5.41, 5.74) is 2.85. The zero-order valence-corrected chi connectivity index (χ0v) is 10.5. The molecule has 1 N–H and O–H groups in total. The smallest absolute Gasteiger partial charge is 0.177 e. The van der Waals surface area contributed by atoms with Gasteiger partial charge in [0.2, 0.25) is 0 Å². The summed E-state index contributed by atoms with van der Waals surface area (Å²) in [5.74, 6) is 0.947. The number of rotatable bonds is 2. The van der Waals surface area contributed by atoms with Gasteiger partial charge in [0.25, 0.3) is 0 Å². The highest BCUT2D eigenvalue weighted by Gasteiger charge is 2.26. The van der Waals surface area contributed by atoms with E-state index in [-0.39, 0.29) is 5.41 Å². The number of hydrogen-bond acceptors (Lipinski definition) is 2. The molecule has 0 aliphatic heterocycles. The Balaban J connectivity index is 2.13. The van der Waals surface area contributed by atoms with Crippen molar-refractivity contribution in [1.82, 2.24) is 15.0 Å². The lowest BCUT2D eigenvalue weighted by atomic mass is 9.84. The predicted molar refractivity (Wildman–Crippen MR) is 72.5 cm³/mol. The molecule has 90 valence electrons. The lowest BCUT2D eigenvalue weighted by Crippen LogP contribution is -2.20. The van der Waals surface area contributed by atoms with E-state index < -0.39 is 0 Å². The number of hydrogen-bond donors (Lipinski definition) is 1. The maximum Gasteiger partial charge on any atom is 0.177 e. The van der Waals surface area contributed by atoms with Gasteiger partial charge in [-0.15, -0.1) is 0 Å². The normalized spacial score (nSPS) is 11.9. The molecule has 1 aromatic carbocycles. The summed E-state index contributed by atoms with van der Waals surface area (Å²) in [6, 6.07) is 14.3. The van der Waals surface area contributed by atoms with Crippen molar-refractivity contribution in [2.45, 2.75) is 19.3 Å². The lowest BCUT2D eigenvalue weighted by molar-refractivity contribution is 0.601. The molecule has 3 aromatic rings. The Kier molecular flexibility index (Phi) is 2.40. The molecule has 2 aromatic heterocycles. The summed E-state index contributed by atoms with van der Waals surface area (Å²) in [6.45, 7) is 4.33. The molecule has 0 radical (unpaired) electrons. The monoisotopic (exact) mass is 237 g/mol. The fourth-order valence-corrected chi connectivity index (χ4v) is 2.13. The molecule has 0 bridgehead atoms. The second-order valence-electron chi connectivity index (χ2n) is 4.95. The number of pyridine rings is 1. The molecule has 3 nitrogen and oxygen atoms in total. The molecule has 18 heavy (non-hydrogen) atoms. The van der Waals surface area contributed by atoms with Gasteiger partial charge in [0.05, 0.1) is 5.52 Å². The van der Waals surface area contributed by atoms with E-state index in [1.54, 1.807) is 6.20 Å². The van der Waals surface area contributed by atoms with Gasteiger partial charge in [-0.05, 0) is 31.5 Å². The molecule has 0 saturated heterocycles. The maximum absolute atomic E-state index is 4.59. The molecule has 0 atom stereocenters. The molecule has 0 fully saturated rings. The first-order chi connectivity index (χ1) is 8.68. The van der Waals surface area contributed by atoms with Crippen LogP contribution in [0.15, 0.2) is 48.7 Å². The van der Waals surface area contributed by atoms with Gasteiger partial charge in [-0.1, -0.05) is 30.3 Å². The predicted octanol–water partition coefficient (Wildman–Crippen LogP) is 3.28. The molecule has 3 heteroatoms. The molecule has 0 aliphatic rings. The molecule has 0 amide bonds. The summed E-state index contributed by atoms with van der Waals surface area (Å²) in [7, 11) is 0. The molecular formula is C15H15N3. The minimum absolute atomic E-state index is 0.151. The molecular weight excluding hydrogens is 222 g/mol. The SMILES string of the molecule is CC(C)(c1ccccc1)c1nc2ncccc2[nH]1. The Labute approximate surface area is 106 Å². The number of benzene rings is 1. The van der Waals surface area contributed by atoms with Crippen LogP contribution in [-0.2, 0) is 5.41 Å². The first-order valence-corrected chi connectivity index (χ1v) is 6.05. The van der Waals surface area contributed by atoms with Crippen molar-refractivity contribution >= 4 is 11.2 Å². The summed E-state index contributed by atoms with van der Waals surface area (Å²) >= 11 is 0. The van der Waals surface area contributed by atoms with Crippen LogP contribution in [0.1, 0.15) is 25.2 Å². The topological polar surface area (TPSA) is 41.6 Å². The Bertz CT molecular complexity index is 635. The summed E-state index contributed by atoms with van der Waals surface area (Å²) in [6.07, 6.45) is 1.77. The Morgan fingerprint density at radius 3 is 2.50 bits per heavy atom. The Morgan fingerprint density at radius 2 is 1.78 bits per heavy atom. The number of nitrogens with one attached hydrogen (secondary N) is 1. The third kappa shape index (κ3) is 1.68. The first kappa shape index (κ1) is 11.0. The minimum atomic E-state index is -0.151. The van der Waals surface area contributed by atoms with Crippen LogP contribution in [0, 0.1) is 0 Å². The second-order valence-corrected chi connectivity index (χ2v) is 4.95. The highest BCUT2D eigenvalue weighted by Crippen LogP contribution is 2.30. The van der Waals surface area contributed by atoms with Gasteiger partial charge in [-0.25, -0.2) is 9.97 Å². The fourth-order valence-electron chi connectivity index (χ4n) is 2.13. The first-order valence-electron chi connectivity index (χ1n) is 6.05. The van der Waals surface area contributed by atoms with E-state index in [2.05, 4.69) is 53.1 Å². The summed E-state index contributed by atoms with van der Waals surface area (Å²) < 4.78 is 0. The summed E-state index contributed by atoms with van der Waals surface area (Å²) in [4.78, 5) is 12.2. The van der Waals surface area contributed by atoms with Crippen LogP contribution in [0.5, 0.6) is 0 Å². The minimum Gasteiger partial charge on any atom is -0.340 e. The second kappa shape index (κ2) is 3.95. The van der Waals surface area contributed by atoms with Crippen molar-refractivity contribution in [3.8, 4) is 0 Å². The zero-order chi connectivity index (χ0) is 12.6. The lowest BCUT2D eigenvalue weighted by Gasteiger charge is -2.22. The average Bonchev–Trinajstić information content (AvgIpc) is 2.84. The largest absolute Gasteiger partial charge is 0.340 e. The zero-order valence-electron chi connectivity index (χ0n) is 10.5. The van der Waals surface area contributed by atoms with Gasteiger partial charge >= 0.3 is 0 Å². The number of aromatic amines is 1. The van der Waals surface area contributed by atoms with Crippen LogP contribution in [-0.4, -0.2) is 15.0 Å². The van der Waals surface area contributed by atoms with Crippen LogP contribution in [0.4, 0.5) is 0 Å². The van der Waals surface area contributed by atoms with E-state index in [0.29, 0.717) is 0 Å². The number of fused-ring (bicyclic) bond motifs is 1. The van der Waals surface area contributed by atoms with E-state index in [1.165, 1.54) is 5.56 Å². The van der Waals surface area contributed by atoms with Gasteiger partial charge in [-0.2, -0.15) is 0 Å². The number of nitrogens with zero attached hydrogens (tertiary/aromatic N) is 2. The fraction of sp³-hybridized carbons (Fsp3) is 0.200. The Hall–Kier alpha value is -2.16. The van der Waals surface area contributed by atoms with E-state index >= 15 is 0 Å². The number of H-pyrrole nitrogens is 1.